The number of anilines is 2. The molecule has 1 saturated heterocycles. The molecule has 0 spiro atoms. The van der Waals surface area contributed by atoms with Gasteiger partial charge in [0.05, 0.1) is 0 Å². The molecule has 1 aliphatic heterocycles. The Morgan fingerprint density at radius 2 is 2.17 bits per heavy atom. The molecule has 1 aliphatic rings. The van der Waals surface area contributed by atoms with Crippen molar-refractivity contribution in [2.75, 3.05) is 23.3 Å². The van der Waals surface area contributed by atoms with Gasteiger partial charge in [0, 0.05) is 30.9 Å². The zero-order valence-corrected chi connectivity index (χ0v) is 9.98. The van der Waals surface area contributed by atoms with Crippen molar-refractivity contribution in [1.29, 1.82) is 0 Å². The summed E-state index contributed by atoms with van der Waals surface area (Å²) in [6, 6.07) is 7.10. The van der Waals surface area contributed by atoms with Crippen LogP contribution in [0.3, 0.4) is 0 Å². The predicted molar refractivity (Wildman–Crippen MR) is 70.6 cm³/mol. The molecule has 0 atom stereocenters. The van der Waals surface area contributed by atoms with Gasteiger partial charge in [-0.3, -0.25) is 9.69 Å². The van der Waals surface area contributed by atoms with Crippen LogP contribution in [0.15, 0.2) is 36.9 Å². The maximum Gasteiger partial charge on any atom is 0.321 e. The van der Waals surface area contributed by atoms with Gasteiger partial charge in [-0.15, -0.1) is 6.58 Å². The number of benzene rings is 1. The molecule has 5 nitrogen and oxygen atoms in total. The summed E-state index contributed by atoms with van der Waals surface area (Å²) in [6.45, 7) is 4.84. The fraction of sp³-hybridized carbons (Fsp3) is 0.231. The minimum atomic E-state index is -0.100. The Kier molecular flexibility index (Phi) is 3.62. The summed E-state index contributed by atoms with van der Waals surface area (Å²) in [7, 11) is 0. The summed E-state index contributed by atoms with van der Waals surface area (Å²) in [5.41, 5.74) is 1.54. The lowest BCUT2D eigenvalue weighted by Gasteiger charge is -2.14. The van der Waals surface area contributed by atoms with Gasteiger partial charge in [0.25, 0.3) is 0 Å². The SMILES string of the molecule is C=CCC(=O)Nc1ccc(N2CCNC2=O)cc1. The fourth-order valence-corrected chi connectivity index (χ4v) is 1.79. The topological polar surface area (TPSA) is 61.4 Å². The molecule has 94 valence electrons. The zero-order valence-electron chi connectivity index (χ0n) is 9.98. The number of nitrogens with zero attached hydrogens (tertiary/aromatic N) is 1. The lowest BCUT2D eigenvalue weighted by Crippen LogP contribution is -2.27. The third kappa shape index (κ3) is 2.68. The fourth-order valence-electron chi connectivity index (χ4n) is 1.79. The second-order valence-electron chi connectivity index (χ2n) is 3.97. The Bertz CT molecular complexity index is 468. The molecule has 0 unspecified atom stereocenters. The van der Waals surface area contributed by atoms with Crippen LogP contribution in [0, 0.1) is 0 Å². The van der Waals surface area contributed by atoms with Crippen molar-refractivity contribution in [1.82, 2.24) is 5.32 Å². The molecule has 0 saturated carbocycles. The summed E-state index contributed by atoms with van der Waals surface area (Å²) in [4.78, 5) is 24.5. The molecular formula is C13H15N3O2. The zero-order chi connectivity index (χ0) is 13.0. The van der Waals surface area contributed by atoms with E-state index < -0.39 is 0 Å². The maximum absolute atomic E-state index is 11.5. The second kappa shape index (κ2) is 5.35. The van der Waals surface area contributed by atoms with Gasteiger partial charge >= 0.3 is 6.03 Å². The first-order chi connectivity index (χ1) is 8.70. The molecule has 5 heteroatoms. The van der Waals surface area contributed by atoms with Crippen LogP contribution in [-0.4, -0.2) is 25.0 Å². The lowest BCUT2D eigenvalue weighted by atomic mass is 10.2. The molecule has 3 amide bonds. The van der Waals surface area contributed by atoms with Crippen LogP contribution in [-0.2, 0) is 4.79 Å². The number of hydrogen-bond donors (Lipinski definition) is 2. The third-order valence-electron chi connectivity index (χ3n) is 2.65. The molecule has 0 aliphatic carbocycles. The Morgan fingerprint density at radius 3 is 2.72 bits per heavy atom. The van der Waals surface area contributed by atoms with Gasteiger partial charge in [-0.2, -0.15) is 0 Å². The highest BCUT2D eigenvalue weighted by Gasteiger charge is 2.20. The Labute approximate surface area is 105 Å². The average Bonchev–Trinajstić information content (AvgIpc) is 2.77. The Morgan fingerprint density at radius 1 is 1.44 bits per heavy atom. The van der Waals surface area contributed by atoms with E-state index in [1.54, 1.807) is 23.1 Å². The highest BCUT2D eigenvalue weighted by atomic mass is 16.2. The maximum atomic E-state index is 11.5. The summed E-state index contributed by atoms with van der Waals surface area (Å²) in [5, 5.41) is 5.48. The minimum Gasteiger partial charge on any atom is -0.336 e. The van der Waals surface area contributed by atoms with Crippen molar-refractivity contribution >= 4 is 23.3 Å². The van der Waals surface area contributed by atoms with E-state index in [9.17, 15) is 9.59 Å². The number of rotatable bonds is 4. The number of amides is 3. The molecule has 2 N–H and O–H groups in total. The molecule has 0 bridgehead atoms. The quantitative estimate of drug-likeness (QED) is 0.793. The smallest absolute Gasteiger partial charge is 0.321 e. The highest BCUT2D eigenvalue weighted by Crippen LogP contribution is 2.19. The number of hydrogen-bond acceptors (Lipinski definition) is 2. The molecule has 1 aromatic rings. The van der Waals surface area contributed by atoms with Crippen LogP contribution in [0.2, 0.25) is 0 Å². The Hall–Kier alpha value is -2.30. The Balaban J connectivity index is 2.03. The van der Waals surface area contributed by atoms with E-state index in [-0.39, 0.29) is 18.4 Å². The van der Waals surface area contributed by atoms with Crippen LogP contribution >= 0.6 is 0 Å². The van der Waals surface area contributed by atoms with Crippen LogP contribution in [0.4, 0.5) is 16.2 Å². The first-order valence-electron chi connectivity index (χ1n) is 5.77. The average molecular weight is 245 g/mol. The van der Waals surface area contributed by atoms with Crippen LogP contribution < -0.4 is 15.5 Å². The molecule has 2 rings (SSSR count). The predicted octanol–water partition coefficient (Wildman–Crippen LogP) is 1.73. The molecule has 0 radical (unpaired) electrons. The van der Waals surface area contributed by atoms with Gasteiger partial charge in [0.2, 0.25) is 5.91 Å². The van der Waals surface area contributed by atoms with Crippen molar-refractivity contribution in [2.45, 2.75) is 6.42 Å². The third-order valence-corrected chi connectivity index (χ3v) is 2.65. The summed E-state index contributed by atoms with van der Waals surface area (Å²) in [5.74, 6) is -0.100. The van der Waals surface area contributed by atoms with E-state index in [4.69, 9.17) is 0 Å². The number of carbonyl (C=O) groups is 2. The summed E-state index contributed by atoms with van der Waals surface area (Å²) >= 11 is 0. The normalized spacial score (nSPS) is 14.2. The first-order valence-corrected chi connectivity index (χ1v) is 5.77. The van der Waals surface area contributed by atoms with Gasteiger partial charge in [0.15, 0.2) is 0 Å². The van der Waals surface area contributed by atoms with Gasteiger partial charge in [-0.25, -0.2) is 4.79 Å². The van der Waals surface area contributed by atoms with E-state index in [1.807, 2.05) is 12.1 Å². The standard InChI is InChI=1S/C13H15N3O2/c1-2-3-12(17)15-10-4-6-11(7-5-10)16-9-8-14-13(16)18/h2,4-7H,1,3,8-9H2,(H,14,18)(H,15,17). The molecule has 1 aromatic carbocycles. The lowest BCUT2D eigenvalue weighted by molar-refractivity contribution is -0.115. The van der Waals surface area contributed by atoms with Crippen molar-refractivity contribution in [3.05, 3.63) is 36.9 Å². The van der Waals surface area contributed by atoms with E-state index in [0.29, 0.717) is 18.8 Å². The van der Waals surface area contributed by atoms with E-state index in [2.05, 4.69) is 17.2 Å². The summed E-state index contributed by atoms with van der Waals surface area (Å²) < 4.78 is 0. The minimum absolute atomic E-state index is 0.0848. The van der Waals surface area contributed by atoms with Gasteiger partial charge in [0.1, 0.15) is 0 Å². The van der Waals surface area contributed by atoms with E-state index in [1.165, 1.54) is 0 Å². The van der Waals surface area contributed by atoms with Crippen molar-refractivity contribution < 1.29 is 9.59 Å². The van der Waals surface area contributed by atoms with E-state index in [0.717, 1.165) is 5.69 Å². The number of urea groups is 1. The van der Waals surface area contributed by atoms with Gasteiger partial charge in [-0.05, 0) is 24.3 Å². The van der Waals surface area contributed by atoms with Crippen LogP contribution in [0.1, 0.15) is 6.42 Å². The van der Waals surface area contributed by atoms with Crippen molar-refractivity contribution in [3.8, 4) is 0 Å². The molecular weight excluding hydrogens is 230 g/mol. The first kappa shape index (κ1) is 12.2. The molecule has 1 fully saturated rings. The number of carbonyl (C=O) groups excluding carboxylic acids is 2. The monoisotopic (exact) mass is 245 g/mol. The van der Waals surface area contributed by atoms with Crippen molar-refractivity contribution in [2.24, 2.45) is 0 Å². The molecule has 1 heterocycles. The van der Waals surface area contributed by atoms with Crippen LogP contribution in [0.5, 0.6) is 0 Å². The highest BCUT2D eigenvalue weighted by molar-refractivity contribution is 5.95. The summed E-state index contributed by atoms with van der Waals surface area (Å²) in [6.07, 6.45) is 1.84. The van der Waals surface area contributed by atoms with Crippen LogP contribution in [0.25, 0.3) is 0 Å². The van der Waals surface area contributed by atoms with Crippen molar-refractivity contribution in [3.63, 3.8) is 0 Å². The molecule has 0 aromatic heterocycles. The number of nitrogens with one attached hydrogen (secondary N) is 2. The van der Waals surface area contributed by atoms with Gasteiger partial charge in [-0.1, -0.05) is 6.08 Å². The molecule has 18 heavy (non-hydrogen) atoms. The van der Waals surface area contributed by atoms with Gasteiger partial charge < -0.3 is 10.6 Å². The largest absolute Gasteiger partial charge is 0.336 e. The second-order valence-corrected chi connectivity index (χ2v) is 3.97. The van der Waals surface area contributed by atoms with E-state index >= 15 is 0 Å².